The van der Waals surface area contributed by atoms with E-state index in [0.29, 0.717) is 6.42 Å². The molecule has 0 unspecified atom stereocenters. The molecule has 1 aliphatic carbocycles. The first-order valence-corrected chi connectivity index (χ1v) is 15.5. The van der Waals surface area contributed by atoms with Crippen molar-refractivity contribution in [1.82, 2.24) is 0 Å². The summed E-state index contributed by atoms with van der Waals surface area (Å²) < 4.78 is 6.58. The van der Waals surface area contributed by atoms with Gasteiger partial charge in [-0.05, 0) is 30.6 Å². The summed E-state index contributed by atoms with van der Waals surface area (Å²) in [6.07, 6.45) is 3.70. The molecular formula is C21H36O2Si2. The van der Waals surface area contributed by atoms with Crippen LogP contribution in [0.25, 0.3) is 0 Å². The highest BCUT2D eigenvalue weighted by Crippen LogP contribution is 2.49. The first kappa shape index (κ1) is 20.5. The van der Waals surface area contributed by atoms with Gasteiger partial charge in [-0.1, -0.05) is 76.3 Å². The fourth-order valence-electron chi connectivity index (χ4n) is 3.63. The number of hydrogen-bond donors (Lipinski definition) is 1. The Labute approximate surface area is 156 Å². The van der Waals surface area contributed by atoms with Crippen molar-refractivity contribution in [2.75, 3.05) is 0 Å². The van der Waals surface area contributed by atoms with Crippen LogP contribution in [-0.2, 0) is 4.43 Å². The van der Waals surface area contributed by atoms with Crippen molar-refractivity contribution in [2.24, 2.45) is 0 Å². The van der Waals surface area contributed by atoms with E-state index < -0.39 is 22.0 Å². The fraction of sp³-hybridized carbons (Fsp3) is 0.619. The van der Waals surface area contributed by atoms with Crippen molar-refractivity contribution in [1.29, 1.82) is 0 Å². The largest absolute Gasteiger partial charge is 0.547 e. The minimum absolute atomic E-state index is 0.169. The van der Waals surface area contributed by atoms with Gasteiger partial charge in [-0.3, -0.25) is 0 Å². The van der Waals surface area contributed by atoms with Gasteiger partial charge in [-0.2, -0.15) is 0 Å². The lowest BCUT2D eigenvalue weighted by Crippen LogP contribution is -2.52. The van der Waals surface area contributed by atoms with Gasteiger partial charge in [0.1, 0.15) is 0 Å². The minimum Gasteiger partial charge on any atom is -0.547 e. The van der Waals surface area contributed by atoms with Crippen LogP contribution in [0.1, 0.15) is 40.5 Å². The Hall–Kier alpha value is -0.846. The highest BCUT2D eigenvalue weighted by atomic mass is 28.4. The fourth-order valence-corrected chi connectivity index (χ4v) is 8.40. The molecule has 2 rings (SSSR count). The molecule has 0 aromatic heterocycles. The van der Waals surface area contributed by atoms with Gasteiger partial charge in [0, 0.05) is 12.0 Å². The molecule has 25 heavy (non-hydrogen) atoms. The molecule has 1 N–H and O–H groups in total. The minimum atomic E-state index is -1.88. The molecule has 0 saturated carbocycles. The van der Waals surface area contributed by atoms with Crippen LogP contribution < -0.4 is 5.19 Å². The second-order valence-electron chi connectivity index (χ2n) is 9.69. The summed E-state index contributed by atoms with van der Waals surface area (Å²) in [7, 11) is -3.73. The molecule has 0 aliphatic heterocycles. The summed E-state index contributed by atoms with van der Waals surface area (Å²) >= 11 is 0. The second-order valence-corrected chi connectivity index (χ2v) is 19.1. The van der Waals surface area contributed by atoms with Crippen LogP contribution in [0.4, 0.5) is 0 Å². The maximum absolute atomic E-state index is 11.4. The summed E-state index contributed by atoms with van der Waals surface area (Å²) in [5.41, 5.74) is -0.490. The van der Waals surface area contributed by atoms with E-state index in [2.05, 4.69) is 90.3 Å². The van der Waals surface area contributed by atoms with Crippen molar-refractivity contribution in [3.8, 4) is 0 Å². The topological polar surface area (TPSA) is 29.5 Å². The van der Waals surface area contributed by atoms with E-state index in [1.54, 1.807) is 0 Å². The van der Waals surface area contributed by atoms with Crippen molar-refractivity contribution in [2.45, 2.75) is 82.9 Å². The normalized spacial score (nSPS) is 25.0. The third-order valence-electron chi connectivity index (χ3n) is 6.51. The van der Waals surface area contributed by atoms with Crippen molar-refractivity contribution in [3.63, 3.8) is 0 Å². The average Bonchev–Trinajstić information content (AvgIpc) is 2.84. The average molecular weight is 377 g/mol. The van der Waals surface area contributed by atoms with Crippen LogP contribution in [0, 0.1) is 0 Å². The number of rotatable bonds is 5. The highest BCUT2D eigenvalue weighted by molar-refractivity contribution is 6.91. The molecule has 0 amide bonds. The summed E-state index contributed by atoms with van der Waals surface area (Å²) in [5.74, 6) is 1.03. The van der Waals surface area contributed by atoms with Crippen LogP contribution in [0.15, 0.2) is 42.2 Å². The van der Waals surface area contributed by atoms with Crippen LogP contribution >= 0.6 is 0 Å². The van der Waals surface area contributed by atoms with Crippen LogP contribution in [0.3, 0.4) is 0 Å². The SMILES string of the molecule is CC[C@@]1(O)CC(O[Si](C)(C)C(C)(C)C)=C[C@@H]1[Si](C)(C)c1ccccc1. The Kier molecular flexibility index (Phi) is 5.49. The molecule has 0 fully saturated rings. The lowest BCUT2D eigenvalue weighted by Gasteiger charge is -2.39. The van der Waals surface area contributed by atoms with Gasteiger partial charge in [-0.15, -0.1) is 0 Å². The van der Waals surface area contributed by atoms with Gasteiger partial charge in [-0.25, -0.2) is 0 Å². The van der Waals surface area contributed by atoms with Gasteiger partial charge in [0.05, 0.1) is 19.4 Å². The molecule has 0 bridgehead atoms. The number of hydrogen-bond acceptors (Lipinski definition) is 2. The molecule has 2 atom stereocenters. The molecule has 0 radical (unpaired) electrons. The Balaban J connectivity index is 2.37. The van der Waals surface area contributed by atoms with E-state index in [9.17, 15) is 5.11 Å². The molecule has 1 aromatic rings. The van der Waals surface area contributed by atoms with Gasteiger partial charge in [0.15, 0.2) is 0 Å². The van der Waals surface area contributed by atoms with Crippen molar-refractivity contribution in [3.05, 3.63) is 42.2 Å². The predicted molar refractivity (Wildman–Crippen MR) is 114 cm³/mol. The zero-order valence-electron chi connectivity index (χ0n) is 17.3. The summed E-state index contributed by atoms with van der Waals surface area (Å²) in [5, 5.41) is 13.0. The second kappa shape index (κ2) is 6.71. The Morgan fingerprint density at radius 1 is 1.12 bits per heavy atom. The standard InChI is InChI=1S/C21H36O2Si2/c1-9-21(22)16-17(23-25(7,8)20(2,3)4)15-19(21)24(5,6)18-13-11-10-12-14-18/h10-15,19,22H,9,16H2,1-8H3/t19-,21+/m0/s1. The molecule has 140 valence electrons. The van der Waals surface area contributed by atoms with Crippen molar-refractivity contribution >= 4 is 21.6 Å². The van der Waals surface area contributed by atoms with E-state index in [1.807, 2.05) is 0 Å². The zero-order valence-corrected chi connectivity index (χ0v) is 19.3. The number of benzene rings is 1. The van der Waals surface area contributed by atoms with Gasteiger partial charge >= 0.3 is 0 Å². The van der Waals surface area contributed by atoms with Crippen molar-refractivity contribution < 1.29 is 9.53 Å². The first-order valence-electron chi connectivity index (χ1n) is 9.51. The summed E-state index contributed by atoms with van der Waals surface area (Å²) in [6.45, 7) is 18.2. The lowest BCUT2D eigenvalue weighted by molar-refractivity contribution is 0.0414. The third-order valence-corrected chi connectivity index (χ3v) is 15.0. The van der Waals surface area contributed by atoms with Gasteiger partial charge in [0.25, 0.3) is 0 Å². The maximum atomic E-state index is 11.4. The Morgan fingerprint density at radius 3 is 2.16 bits per heavy atom. The summed E-state index contributed by atoms with van der Waals surface area (Å²) in [4.78, 5) is 0. The van der Waals surface area contributed by atoms with Gasteiger partial charge in [0.2, 0.25) is 8.32 Å². The molecule has 0 spiro atoms. The van der Waals surface area contributed by atoms with E-state index in [4.69, 9.17) is 4.43 Å². The Bertz CT molecular complexity index is 629. The van der Waals surface area contributed by atoms with E-state index in [1.165, 1.54) is 5.19 Å². The lowest BCUT2D eigenvalue weighted by atomic mass is 9.97. The Morgan fingerprint density at radius 2 is 1.68 bits per heavy atom. The number of aliphatic hydroxyl groups is 1. The smallest absolute Gasteiger partial charge is 0.250 e. The monoisotopic (exact) mass is 376 g/mol. The molecule has 0 heterocycles. The first-order chi connectivity index (χ1) is 11.3. The summed E-state index contributed by atoms with van der Waals surface area (Å²) in [6, 6.07) is 10.7. The maximum Gasteiger partial charge on any atom is 0.250 e. The van der Waals surface area contributed by atoms with E-state index >= 15 is 0 Å². The molecular weight excluding hydrogens is 340 g/mol. The van der Waals surface area contributed by atoms with Crippen LogP contribution in [0.5, 0.6) is 0 Å². The van der Waals surface area contributed by atoms with E-state index in [0.717, 1.165) is 12.2 Å². The molecule has 4 heteroatoms. The third kappa shape index (κ3) is 3.96. The van der Waals surface area contributed by atoms with Gasteiger partial charge < -0.3 is 9.53 Å². The van der Waals surface area contributed by atoms with Crippen LogP contribution in [-0.4, -0.2) is 27.1 Å². The molecule has 2 nitrogen and oxygen atoms in total. The van der Waals surface area contributed by atoms with E-state index in [-0.39, 0.29) is 10.6 Å². The predicted octanol–water partition coefficient (Wildman–Crippen LogP) is 5.42. The molecule has 0 saturated heterocycles. The zero-order chi connectivity index (χ0) is 19.1. The quantitative estimate of drug-likeness (QED) is 0.695. The molecule has 1 aliphatic rings. The van der Waals surface area contributed by atoms with Crippen LogP contribution in [0.2, 0.25) is 36.8 Å². The highest BCUT2D eigenvalue weighted by Gasteiger charge is 2.51. The molecule has 1 aromatic carbocycles.